The number of hydrogen-bond donors (Lipinski definition) is 0. The number of ether oxygens (including phenoxy) is 1. The lowest BCUT2D eigenvalue weighted by Crippen LogP contribution is -2.32. The predicted octanol–water partition coefficient (Wildman–Crippen LogP) is 3.06. The third-order valence-corrected chi connectivity index (χ3v) is 4.97. The number of carbonyl (C=O) groups excluding carboxylic acids is 3. The number of imide groups is 1. The number of hydrogen-bond acceptors (Lipinski definition) is 6. The van der Waals surface area contributed by atoms with Gasteiger partial charge in [0.2, 0.25) is 0 Å². The summed E-state index contributed by atoms with van der Waals surface area (Å²) in [5.41, 5.74) is -1.36. The van der Waals surface area contributed by atoms with E-state index in [0.29, 0.717) is 0 Å². The lowest BCUT2D eigenvalue weighted by atomic mass is 10.00. The number of halogens is 3. The summed E-state index contributed by atoms with van der Waals surface area (Å²) < 4.78 is 44.9. The Labute approximate surface area is 167 Å². The Morgan fingerprint density at radius 2 is 1.87 bits per heavy atom. The van der Waals surface area contributed by atoms with E-state index in [0.717, 1.165) is 11.0 Å². The van der Waals surface area contributed by atoms with Gasteiger partial charge in [0.25, 0.3) is 11.8 Å². The molecule has 0 bridgehead atoms. The molecular formula is C20H14F3N3O4. The van der Waals surface area contributed by atoms with Crippen molar-refractivity contribution in [2.75, 3.05) is 13.7 Å². The van der Waals surface area contributed by atoms with Gasteiger partial charge in [0.1, 0.15) is 5.71 Å². The average molecular weight is 417 g/mol. The van der Waals surface area contributed by atoms with Crippen molar-refractivity contribution in [1.29, 1.82) is 0 Å². The first-order valence-corrected chi connectivity index (χ1v) is 8.87. The molecule has 4 rings (SSSR count). The van der Waals surface area contributed by atoms with E-state index in [1.165, 1.54) is 32.2 Å². The smallest absolute Gasteiger partial charge is 0.418 e. The van der Waals surface area contributed by atoms with Crippen molar-refractivity contribution in [3.05, 3.63) is 52.4 Å². The highest BCUT2D eigenvalue weighted by Gasteiger charge is 2.43. The number of aromatic nitrogens is 1. The number of fused-ring (bicyclic) bond motifs is 3. The summed E-state index contributed by atoms with van der Waals surface area (Å²) >= 11 is 0. The van der Waals surface area contributed by atoms with Crippen LogP contribution in [-0.4, -0.2) is 47.0 Å². The molecule has 7 nitrogen and oxygen atoms in total. The number of nitrogens with zero attached hydrogens (tertiary/aromatic N) is 3. The molecule has 1 aromatic carbocycles. The van der Waals surface area contributed by atoms with Crippen molar-refractivity contribution < 1.29 is 32.3 Å². The lowest BCUT2D eigenvalue weighted by Gasteiger charge is -2.20. The predicted molar refractivity (Wildman–Crippen MR) is 99.0 cm³/mol. The zero-order valence-corrected chi connectivity index (χ0v) is 15.8. The average Bonchev–Trinajstić information content (AvgIpc) is 2.97. The van der Waals surface area contributed by atoms with Crippen molar-refractivity contribution in [3.63, 3.8) is 0 Å². The quantitative estimate of drug-likeness (QED) is 0.554. The Hall–Kier alpha value is -3.56. The summed E-state index contributed by atoms with van der Waals surface area (Å²) in [6, 6.07) is 3.38. The van der Waals surface area contributed by atoms with Gasteiger partial charge in [-0.25, -0.2) is 9.69 Å². The van der Waals surface area contributed by atoms with E-state index in [2.05, 4.69) is 14.7 Å². The van der Waals surface area contributed by atoms with Crippen LogP contribution in [0.25, 0.3) is 10.9 Å². The number of dihydropyridines is 1. The summed E-state index contributed by atoms with van der Waals surface area (Å²) in [6.45, 7) is 1.54. The topological polar surface area (TPSA) is 88.9 Å². The summed E-state index contributed by atoms with van der Waals surface area (Å²) in [6.07, 6.45) is -3.19. The fourth-order valence-electron chi connectivity index (χ4n) is 3.67. The maximum absolute atomic E-state index is 13.4. The van der Waals surface area contributed by atoms with E-state index in [1.54, 1.807) is 0 Å². The van der Waals surface area contributed by atoms with Gasteiger partial charge in [-0.1, -0.05) is 12.1 Å². The molecule has 3 heterocycles. The number of aliphatic imine (C=N–C) groups is 1. The maximum atomic E-state index is 13.4. The van der Waals surface area contributed by atoms with E-state index < -0.39 is 35.0 Å². The van der Waals surface area contributed by atoms with Gasteiger partial charge in [-0.15, -0.1) is 0 Å². The fraction of sp³-hybridized carbons (Fsp3) is 0.250. The van der Waals surface area contributed by atoms with Crippen LogP contribution in [0.3, 0.4) is 0 Å². The number of benzene rings is 1. The van der Waals surface area contributed by atoms with Crippen molar-refractivity contribution >= 4 is 34.4 Å². The molecule has 1 aromatic heterocycles. The van der Waals surface area contributed by atoms with Crippen LogP contribution in [-0.2, 0) is 15.7 Å². The maximum Gasteiger partial charge on any atom is 0.418 e. The number of alkyl halides is 3. The van der Waals surface area contributed by atoms with Crippen LogP contribution >= 0.6 is 0 Å². The molecule has 2 aliphatic rings. The second-order valence-electron chi connectivity index (χ2n) is 6.74. The largest absolute Gasteiger partial charge is 0.464 e. The van der Waals surface area contributed by atoms with Crippen LogP contribution in [0.1, 0.15) is 38.4 Å². The first kappa shape index (κ1) is 19.7. The summed E-state index contributed by atoms with van der Waals surface area (Å²) in [5, 5.41) is -0.0513. The van der Waals surface area contributed by atoms with Crippen molar-refractivity contribution in [3.8, 4) is 0 Å². The molecule has 2 amide bonds. The Morgan fingerprint density at radius 1 is 1.17 bits per heavy atom. The van der Waals surface area contributed by atoms with Gasteiger partial charge in [0.15, 0.2) is 0 Å². The Bertz CT molecular complexity index is 1200. The summed E-state index contributed by atoms with van der Waals surface area (Å²) in [7, 11) is 1.17. The van der Waals surface area contributed by atoms with Gasteiger partial charge in [0, 0.05) is 24.0 Å². The van der Waals surface area contributed by atoms with E-state index in [4.69, 9.17) is 0 Å². The molecule has 2 aliphatic heterocycles. The standard InChI is InChI=1S/C20H14F3N3O4/c1-9-14-15(11-4-3-5-12(16(11)25-9)20(21,22)23)18(28)26(17(14)27)10-6-7-24-13(8-10)19(29)30-2/h3-5,8H,6-7H2,1-2H3. The van der Waals surface area contributed by atoms with E-state index in [9.17, 15) is 27.6 Å². The number of methoxy groups -OCH3 is 1. The van der Waals surface area contributed by atoms with Crippen molar-refractivity contribution in [1.82, 2.24) is 9.88 Å². The minimum atomic E-state index is -4.67. The molecule has 0 spiro atoms. The zero-order valence-electron chi connectivity index (χ0n) is 15.8. The number of aryl methyl sites for hydroxylation is 1. The van der Waals surface area contributed by atoms with Crippen LogP contribution in [0.5, 0.6) is 0 Å². The molecule has 30 heavy (non-hydrogen) atoms. The molecule has 0 saturated carbocycles. The molecule has 0 radical (unpaired) electrons. The number of para-hydroxylation sites is 1. The second-order valence-corrected chi connectivity index (χ2v) is 6.74. The van der Waals surface area contributed by atoms with Gasteiger partial charge in [-0.3, -0.25) is 19.6 Å². The van der Waals surface area contributed by atoms with Crippen LogP contribution < -0.4 is 0 Å². The number of pyridine rings is 1. The molecule has 10 heteroatoms. The van der Waals surface area contributed by atoms with Gasteiger partial charge in [0.05, 0.1) is 35.0 Å². The molecule has 0 fully saturated rings. The van der Waals surface area contributed by atoms with Crippen LogP contribution in [0.4, 0.5) is 13.2 Å². The van der Waals surface area contributed by atoms with Crippen LogP contribution in [0.15, 0.2) is 35.0 Å². The summed E-state index contributed by atoms with van der Waals surface area (Å²) in [5.74, 6) is -2.18. The Morgan fingerprint density at radius 3 is 2.53 bits per heavy atom. The van der Waals surface area contributed by atoms with Gasteiger partial charge in [-0.2, -0.15) is 13.2 Å². The molecular weight excluding hydrogens is 403 g/mol. The van der Waals surface area contributed by atoms with Crippen molar-refractivity contribution in [2.45, 2.75) is 19.5 Å². The monoisotopic (exact) mass is 417 g/mol. The minimum absolute atomic E-state index is 0.0216. The lowest BCUT2D eigenvalue weighted by molar-refractivity contribution is -0.136. The SMILES string of the molecule is COC(=O)C1=NCCC(N2C(=O)c3c(C)nc4c(C(F)(F)F)cccc4c3C2=O)=C1. The molecule has 0 unspecified atom stereocenters. The van der Waals surface area contributed by atoms with Gasteiger partial charge < -0.3 is 4.74 Å². The first-order chi connectivity index (χ1) is 14.1. The molecule has 0 atom stereocenters. The normalized spacial score (nSPS) is 16.5. The third kappa shape index (κ3) is 2.87. The number of carbonyl (C=O) groups is 3. The molecule has 0 aliphatic carbocycles. The minimum Gasteiger partial charge on any atom is -0.464 e. The Kier molecular flexibility index (Phi) is 4.44. The summed E-state index contributed by atoms with van der Waals surface area (Å²) in [4.78, 5) is 46.9. The number of esters is 1. The van der Waals surface area contributed by atoms with E-state index >= 15 is 0 Å². The molecule has 154 valence electrons. The highest BCUT2D eigenvalue weighted by molar-refractivity contribution is 6.41. The van der Waals surface area contributed by atoms with Crippen LogP contribution in [0, 0.1) is 6.92 Å². The first-order valence-electron chi connectivity index (χ1n) is 8.87. The van der Waals surface area contributed by atoms with E-state index in [1.807, 2.05) is 0 Å². The van der Waals surface area contributed by atoms with Gasteiger partial charge >= 0.3 is 12.1 Å². The molecule has 0 saturated heterocycles. The van der Waals surface area contributed by atoms with Crippen LogP contribution in [0.2, 0.25) is 0 Å². The highest BCUT2D eigenvalue weighted by Crippen LogP contribution is 2.39. The Balaban J connectivity index is 1.90. The van der Waals surface area contributed by atoms with E-state index in [-0.39, 0.29) is 46.6 Å². The fourth-order valence-corrected chi connectivity index (χ4v) is 3.67. The molecule has 0 N–H and O–H groups in total. The second kappa shape index (κ2) is 6.75. The zero-order chi connectivity index (χ0) is 21.8. The van der Waals surface area contributed by atoms with Crippen molar-refractivity contribution in [2.24, 2.45) is 4.99 Å². The third-order valence-electron chi connectivity index (χ3n) is 4.97. The number of amides is 2. The number of rotatable bonds is 2. The highest BCUT2D eigenvalue weighted by atomic mass is 19.4. The van der Waals surface area contributed by atoms with Gasteiger partial charge in [-0.05, 0) is 19.1 Å². The molecule has 2 aromatic rings.